The minimum Gasteiger partial charge on any atom is -0.497 e. The second-order valence-corrected chi connectivity index (χ2v) is 7.27. The van der Waals surface area contributed by atoms with Gasteiger partial charge in [0, 0.05) is 6.42 Å². The summed E-state index contributed by atoms with van der Waals surface area (Å²) in [6.07, 6.45) is 2.28. The molecule has 1 aliphatic rings. The lowest BCUT2D eigenvalue weighted by Crippen LogP contribution is -2.21. The Kier molecular flexibility index (Phi) is 4.95. The summed E-state index contributed by atoms with van der Waals surface area (Å²) in [6.45, 7) is 0. The molecule has 1 atom stereocenters. The van der Waals surface area contributed by atoms with E-state index in [1.807, 2.05) is 12.1 Å². The Morgan fingerprint density at radius 3 is 2.71 bits per heavy atom. The number of hydrazone groups is 1. The summed E-state index contributed by atoms with van der Waals surface area (Å²) in [5.41, 5.74) is 3.25. The molecule has 1 fully saturated rings. The lowest BCUT2D eigenvalue weighted by Gasteiger charge is -2.05. The SMILES string of the molecule is COc1ccc(/C=N\NC(=O)C[C@@H]2CCS(=O)(=O)C2)cc1. The number of methoxy groups -OCH3 is 1. The van der Waals surface area contributed by atoms with Crippen LogP contribution in [0.2, 0.25) is 0 Å². The van der Waals surface area contributed by atoms with Crippen LogP contribution in [-0.2, 0) is 14.6 Å². The molecule has 0 aromatic heterocycles. The molecule has 0 unspecified atom stereocenters. The molecule has 1 aromatic rings. The summed E-state index contributed by atoms with van der Waals surface area (Å²) in [6, 6.07) is 7.23. The fourth-order valence-corrected chi connectivity index (χ4v) is 4.07. The first kappa shape index (κ1) is 15.5. The summed E-state index contributed by atoms with van der Waals surface area (Å²) < 4.78 is 27.6. The van der Waals surface area contributed by atoms with E-state index in [-0.39, 0.29) is 29.8 Å². The zero-order chi connectivity index (χ0) is 15.3. The maximum absolute atomic E-state index is 11.7. The van der Waals surface area contributed by atoms with Crippen LogP contribution in [0.5, 0.6) is 5.75 Å². The van der Waals surface area contributed by atoms with Gasteiger partial charge in [-0.15, -0.1) is 0 Å². The van der Waals surface area contributed by atoms with Crippen molar-refractivity contribution in [2.75, 3.05) is 18.6 Å². The number of nitrogens with one attached hydrogen (secondary N) is 1. The van der Waals surface area contributed by atoms with Gasteiger partial charge in [0.15, 0.2) is 9.84 Å². The summed E-state index contributed by atoms with van der Waals surface area (Å²) in [5.74, 6) is 0.676. The van der Waals surface area contributed by atoms with Crippen molar-refractivity contribution < 1.29 is 17.9 Å². The van der Waals surface area contributed by atoms with Crippen molar-refractivity contribution in [3.8, 4) is 5.75 Å². The zero-order valence-corrected chi connectivity index (χ0v) is 12.6. The number of sulfone groups is 1. The third-order valence-electron chi connectivity index (χ3n) is 3.32. The van der Waals surface area contributed by atoms with Gasteiger partial charge < -0.3 is 4.74 Å². The molecule has 0 saturated carbocycles. The smallest absolute Gasteiger partial charge is 0.240 e. The Hall–Kier alpha value is -1.89. The minimum absolute atomic E-state index is 0.0915. The molecular formula is C14H18N2O4S. The second-order valence-electron chi connectivity index (χ2n) is 5.04. The number of amides is 1. The first-order valence-corrected chi connectivity index (χ1v) is 8.47. The third kappa shape index (κ3) is 4.86. The normalized spacial score (nSPS) is 20.5. The van der Waals surface area contributed by atoms with E-state index in [1.165, 1.54) is 6.21 Å². The van der Waals surface area contributed by atoms with E-state index in [4.69, 9.17) is 4.74 Å². The van der Waals surface area contributed by atoms with Crippen molar-refractivity contribution in [3.05, 3.63) is 29.8 Å². The van der Waals surface area contributed by atoms with E-state index in [1.54, 1.807) is 19.2 Å². The van der Waals surface area contributed by atoms with Gasteiger partial charge in [-0.3, -0.25) is 4.79 Å². The van der Waals surface area contributed by atoms with Gasteiger partial charge in [0.1, 0.15) is 5.75 Å². The van der Waals surface area contributed by atoms with Gasteiger partial charge in [-0.1, -0.05) is 0 Å². The highest BCUT2D eigenvalue weighted by Crippen LogP contribution is 2.21. The van der Waals surface area contributed by atoms with Crippen LogP contribution in [0.4, 0.5) is 0 Å². The van der Waals surface area contributed by atoms with E-state index >= 15 is 0 Å². The van der Waals surface area contributed by atoms with E-state index in [9.17, 15) is 13.2 Å². The number of rotatable bonds is 5. The molecule has 6 nitrogen and oxygen atoms in total. The van der Waals surface area contributed by atoms with E-state index in [0.29, 0.717) is 6.42 Å². The molecule has 1 saturated heterocycles. The quantitative estimate of drug-likeness (QED) is 0.649. The van der Waals surface area contributed by atoms with Crippen LogP contribution in [0.15, 0.2) is 29.4 Å². The number of nitrogens with zero attached hydrogens (tertiary/aromatic N) is 1. The highest BCUT2D eigenvalue weighted by Gasteiger charge is 2.29. The first-order valence-electron chi connectivity index (χ1n) is 6.65. The fourth-order valence-electron chi connectivity index (χ4n) is 2.21. The lowest BCUT2D eigenvalue weighted by atomic mass is 10.1. The van der Waals surface area contributed by atoms with Crippen LogP contribution < -0.4 is 10.2 Å². The lowest BCUT2D eigenvalue weighted by molar-refractivity contribution is -0.121. The predicted octanol–water partition coefficient (Wildman–Crippen LogP) is 0.970. The van der Waals surface area contributed by atoms with Gasteiger partial charge >= 0.3 is 0 Å². The van der Waals surface area contributed by atoms with Gasteiger partial charge in [-0.05, 0) is 42.2 Å². The first-order chi connectivity index (χ1) is 9.98. The molecule has 1 N–H and O–H groups in total. The summed E-state index contributed by atoms with van der Waals surface area (Å²) >= 11 is 0. The van der Waals surface area contributed by atoms with Crippen molar-refractivity contribution in [3.63, 3.8) is 0 Å². The molecule has 2 rings (SSSR count). The predicted molar refractivity (Wildman–Crippen MR) is 80.1 cm³/mol. The van der Waals surface area contributed by atoms with E-state index < -0.39 is 9.84 Å². The maximum atomic E-state index is 11.7. The van der Waals surface area contributed by atoms with Gasteiger partial charge in [0.25, 0.3) is 0 Å². The Morgan fingerprint density at radius 1 is 1.43 bits per heavy atom. The standard InChI is InChI=1S/C14H18N2O4S/c1-20-13-4-2-11(3-5-13)9-15-16-14(17)8-12-6-7-21(18,19)10-12/h2-5,9,12H,6-8,10H2,1H3,(H,16,17)/b15-9-/t12-/m0/s1. The van der Waals surface area contributed by atoms with Crippen LogP contribution in [0, 0.1) is 5.92 Å². The maximum Gasteiger partial charge on any atom is 0.240 e. The Labute approximate surface area is 124 Å². The van der Waals surface area contributed by atoms with Gasteiger partial charge in [0.05, 0.1) is 24.8 Å². The molecule has 114 valence electrons. The van der Waals surface area contributed by atoms with Gasteiger partial charge in [0.2, 0.25) is 5.91 Å². The van der Waals surface area contributed by atoms with Crippen LogP contribution in [-0.4, -0.2) is 39.2 Å². The molecule has 7 heteroatoms. The highest BCUT2D eigenvalue weighted by atomic mass is 32.2. The van der Waals surface area contributed by atoms with Gasteiger partial charge in [-0.2, -0.15) is 5.10 Å². The van der Waals surface area contributed by atoms with Crippen molar-refractivity contribution in [1.29, 1.82) is 0 Å². The number of carbonyl (C=O) groups excluding carboxylic acids is 1. The average Bonchev–Trinajstić information content (AvgIpc) is 2.78. The Morgan fingerprint density at radius 2 is 2.14 bits per heavy atom. The highest BCUT2D eigenvalue weighted by molar-refractivity contribution is 7.91. The molecule has 0 aliphatic carbocycles. The molecule has 21 heavy (non-hydrogen) atoms. The molecule has 1 aliphatic heterocycles. The van der Waals surface area contributed by atoms with Crippen LogP contribution >= 0.6 is 0 Å². The molecule has 1 aromatic carbocycles. The number of carbonyl (C=O) groups is 1. The molecular weight excluding hydrogens is 292 g/mol. The Bertz CT molecular complexity index is 623. The molecule has 0 bridgehead atoms. The molecule has 1 heterocycles. The molecule has 0 spiro atoms. The molecule has 1 amide bonds. The van der Waals surface area contributed by atoms with Crippen LogP contribution in [0.25, 0.3) is 0 Å². The second kappa shape index (κ2) is 6.71. The van der Waals surface area contributed by atoms with Crippen molar-refractivity contribution in [1.82, 2.24) is 5.43 Å². The van der Waals surface area contributed by atoms with Crippen molar-refractivity contribution >= 4 is 22.0 Å². The van der Waals surface area contributed by atoms with Crippen LogP contribution in [0.3, 0.4) is 0 Å². The minimum atomic E-state index is -2.94. The van der Waals surface area contributed by atoms with Crippen molar-refractivity contribution in [2.24, 2.45) is 11.0 Å². The fraction of sp³-hybridized carbons (Fsp3) is 0.429. The van der Waals surface area contributed by atoms with Crippen LogP contribution in [0.1, 0.15) is 18.4 Å². The third-order valence-corrected chi connectivity index (χ3v) is 5.16. The van der Waals surface area contributed by atoms with Crippen molar-refractivity contribution in [2.45, 2.75) is 12.8 Å². The number of ether oxygens (including phenoxy) is 1. The summed E-state index contributed by atoms with van der Waals surface area (Å²) in [5, 5.41) is 3.86. The number of benzene rings is 1. The number of hydrogen-bond donors (Lipinski definition) is 1. The van der Waals surface area contributed by atoms with E-state index in [0.717, 1.165) is 11.3 Å². The average molecular weight is 310 g/mol. The molecule has 0 radical (unpaired) electrons. The Balaban J connectivity index is 1.79. The zero-order valence-electron chi connectivity index (χ0n) is 11.8. The number of hydrogen-bond acceptors (Lipinski definition) is 5. The topological polar surface area (TPSA) is 84.8 Å². The monoisotopic (exact) mass is 310 g/mol. The van der Waals surface area contributed by atoms with Gasteiger partial charge in [-0.25, -0.2) is 13.8 Å². The van der Waals surface area contributed by atoms with E-state index in [2.05, 4.69) is 10.5 Å². The largest absolute Gasteiger partial charge is 0.497 e. The summed E-state index contributed by atoms with van der Waals surface area (Å²) in [7, 11) is -1.35. The summed E-state index contributed by atoms with van der Waals surface area (Å²) in [4.78, 5) is 11.7.